The second-order valence-corrected chi connectivity index (χ2v) is 14.0. The molecule has 49 heavy (non-hydrogen) atoms. The van der Waals surface area contributed by atoms with E-state index in [1.54, 1.807) is 18.2 Å². The first-order valence-electron chi connectivity index (χ1n) is 17.0. The molecule has 2 bridgehead atoms. The molecule has 0 unspecified atom stereocenters. The Bertz CT molecular complexity index is 2120. The van der Waals surface area contributed by atoms with Crippen LogP contribution in [0.1, 0.15) is 89.6 Å². The molecule has 3 N–H and O–H groups in total. The van der Waals surface area contributed by atoms with Crippen molar-refractivity contribution in [2.45, 2.75) is 82.7 Å². The van der Waals surface area contributed by atoms with Crippen LogP contribution < -0.4 is 11.1 Å². The van der Waals surface area contributed by atoms with Gasteiger partial charge in [-0.2, -0.15) is 0 Å². The van der Waals surface area contributed by atoms with Crippen molar-refractivity contribution < 1.29 is 18.4 Å². The van der Waals surface area contributed by atoms with Crippen LogP contribution in [0.3, 0.4) is 0 Å². The number of halogens is 3. The van der Waals surface area contributed by atoms with E-state index >= 15 is 4.39 Å². The number of carbonyl (C=O) groups excluding carboxylic acids is 2. The molecular weight excluding hydrogens is 650 g/mol. The van der Waals surface area contributed by atoms with Crippen molar-refractivity contribution >= 4 is 45.5 Å². The maximum Gasteiger partial charge on any atom is 0.254 e. The Morgan fingerprint density at radius 2 is 1.88 bits per heavy atom. The molecule has 2 amide bonds. The number of piperidine rings is 1. The number of fused-ring (bicyclic) bond motifs is 3. The number of alkyl halides is 1. The van der Waals surface area contributed by atoms with Crippen molar-refractivity contribution in [3.8, 4) is 11.5 Å². The second-order valence-electron chi connectivity index (χ2n) is 13.6. The minimum Gasteiger partial charge on any atom is -0.344 e. The zero-order chi connectivity index (χ0) is 34.0. The second kappa shape index (κ2) is 12.5. The van der Waals surface area contributed by atoms with Gasteiger partial charge < -0.3 is 25.1 Å². The van der Waals surface area contributed by atoms with Crippen molar-refractivity contribution in [3.63, 3.8) is 0 Å². The van der Waals surface area contributed by atoms with Gasteiger partial charge >= 0.3 is 0 Å². The zero-order valence-corrected chi connectivity index (χ0v) is 27.9. The van der Waals surface area contributed by atoms with Crippen LogP contribution in [-0.2, 0) is 13.0 Å². The number of rotatable bonds is 3. The number of hydrogen-bond donors (Lipinski definition) is 2. The predicted molar refractivity (Wildman–Crippen MR) is 183 cm³/mol. The van der Waals surface area contributed by atoms with E-state index in [2.05, 4.69) is 14.9 Å². The number of nitrogens with two attached hydrogens (primary N) is 1. The number of nitrogens with zero attached hydrogens (tertiary/aromatic N) is 6. The molecule has 254 valence electrons. The van der Waals surface area contributed by atoms with E-state index < -0.39 is 30.0 Å². The fourth-order valence-electron chi connectivity index (χ4n) is 7.35. The number of benzene rings is 1. The molecule has 1 saturated carbocycles. The Hall–Kier alpha value is -4.42. The maximum atomic E-state index is 16.1. The fourth-order valence-corrected chi connectivity index (χ4v) is 7.52. The number of pyridine rings is 2. The van der Waals surface area contributed by atoms with Crippen LogP contribution >= 0.6 is 11.6 Å². The average molecular weight is 687 g/mol. The lowest BCUT2D eigenvalue weighted by Crippen LogP contribution is -2.50. The standard InChI is InChI=1S/C36H37ClF2N8O2/c1-19-27-10-6-20-15-30(46(33(20)43-27)12-4-2-3-5-28-25(35(48)41-19)9-11-31(37)42-28)34-44-29-14-21(13-26(39)32(29)47(34)24-7-8-24)36(49)45-17-22(38)16-23(40)18-45/h6,9-11,13-15,19,22-24H,2-5,7-8,12,16-18,40H2,1H3,(H,41,48)/t19-,22-,23-/m1/s1. The molecular formula is C36H37ClF2N8O2. The SMILES string of the molecule is C[C@H]1NC(=O)c2ccc(Cl)nc2CCCCCn2c(-c3nc4cc(C(=O)N5C[C@H](N)C[C@@H](F)C5)cc(F)c4n3C3CC3)cc3ccc1nc32. The van der Waals surface area contributed by atoms with Crippen LogP contribution in [-0.4, -0.2) is 66.1 Å². The average Bonchev–Trinajstić information content (AvgIpc) is 3.73. The lowest BCUT2D eigenvalue weighted by Gasteiger charge is -2.33. The molecule has 2 aliphatic heterocycles. The number of imidazole rings is 1. The summed E-state index contributed by atoms with van der Waals surface area (Å²) in [6, 6.07) is 11.4. The summed E-state index contributed by atoms with van der Waals surface area (Å²) in [5, 5.41) is 4.33. The molecule has 6 heterocycles. The van der Waals surface area contributed by atoms with Crippen molar-refractivity contribution in [2.75, 3.05) is 13.1 Å². The van der Waals surface area contributed by atoms with E-state index in [0.29, 0.717) is 51.9 Å². The third-order valence-corrected chi connectivity index (χ3v) is 10.1. The van der Waals surface area contributed by atoms with E-state index in [1.807, 2.05) is 29.7 Å². The molecule has 3 aliphatic rings. The van der Waals surface area contributed by atoms with E-state index in [1.165, 1.54) is 11.0 Å². The van der Waals surface area contributed by atoms with Crippen LogP contribution in [0, 0.1) is 5.82 Å². The van der Waals surface area contributed by atoms with Crippen LogP contribution in [0.25, 0.3) is 33.6 Å². The number of likely N-dealkylation sites (tertiary alicyclic amines) is 1. The van der Waals surface area contributed by atoms with Crippen LogP contribution in [0.4, 0.5) is 8.78 Å². The lowest BCUT2D eigenvalue weighted by molar-refractivity contribution is 0.0606. The van der Waals surface area contributed by atoms with E-state index in [-0.39, 0.29) is 37.0 Å². The number of nitrogens with one attached hydrogen (secondary N) is 1. The number of aryl methyl sites for hydroxylation is 2. The Kier molecular flexibility index (Phi) is 8.10. The van der Waals surface area contributed by atoms with Gasteiger partial charge in [-0.3, -0.25) is 9.59 Å². The van der Waals surface area contributed by atoms with Crippen molar-refractivity contribution in [3.05, 3.63) is 75.9 Å². The third-order valence-electron chi connectivity index (χ3n) is 9.88. The molecule has 0 radical (unpaired) electrons. The minimum atomic E-state index is -1.22. The van der Waals surface area contributed by atoms with Gasteiger partial charge in [0.1, 0.15) is 28.3 Å². The third kappa shape index (κ3) is 5.94. The highest BCUT2D eigenvalue weighted by Gasteiger charge is 2.34. The topological polar surface area (TPSA) is 124 Å². The Morgan fingerprint density at radius 1 is 1.04 bits per heavy atom. The minimum absolute atomic E-state index is 0.0673. The summed E-state index contributed by atoms with van der Waals surface area (Å²) in [6.45, 7) is 2.69. The van der Waals surface area contributed by atoms with Gasteiger partial charge in [0.05, 0.1) is 40.7 Å². The predicted octanol–water partition coefficient (Wildman–Crippen LogP) is 6.30. The van der Waals surface area contributed by atoms with Crippen molar-refractivity contribution in [1.82, 2.24) is 34.3 Å². The van der Waals surface area contributed by atoms with Gasteiger partial charge in [0.25, 0.3) is 11.8 Å². The number of hydrogen-bond acceptors (Lipinski definition) is 6. The Labute approximate surface area is 286 Å². The highest BCUT2D eigenvalue weighted by molar-refractivity contribution is 6.29. The number of amides is 2. The molecule has 2 fully saturated rings. The summed E-state index contributed by atoms with van der Waals surface area (Å²) in [4.78, 5) is 42.7. The van der Waals surface area contributed by atoms with Crippen molar-refractivity contribution in [2.24, 2.45) is 5.73 Å². The Morgan fingerprint density at radius 3 is 2.67 bits per heavy atom. The molecule has 1 saturated heterocycles. The normalized spacial score (nSPS) is 21.9. The summed E-state index contributed by atoms with van der Waals surface area (Å²) in [7, 11) is 0. The van der Waals surface area contributed by atoms with E-state index in [0.717, 1.165) is 48.8 Å². The van der Waals surface area contributed by atoms with Crippen LogP contribution in [0.2, 0.25) is 5.15 Å². The number of carbonyl (C=O) groups is 2. The monoisotopic (exact) mass is 686 g/mol. The summed E-state index contributed by atoms with van der Waals surface area (Å²) < 4.78 is 34.5. The quantitative estimate of drug-likeness (QED) is 0.215. The van der Waals surface area contributed by atoms with Gasteiger partial charge in [0.2, 0.25) is 0 Å². The van der Waals surface area contributed by atoms with Crippen LogP contribution in [0.5, 0.6) is 0 Å². The molecule has 1 aliphatic carbocycles. The van der Waals surface area contributed by atoms with Gasteiger partial charge in [0, 0.05) is 36.1 Å². The smallest absolute Gasteiger partial charge is 0.254 e. The molecule has 10 nitrogen and oxygen atoms in total. The first-order valence-corrected chi connectivity index (χ1v) is 17.4. The van der Waals surface area contributed by atoms with E-state index in [4.69, 9.17) is 27.3 Å². The van der Waals surface area contributed by atoms with Crippen molar-refractivity contribution in [1.29, 1.82) is 0 Å². The fraction of sp³-hybridized carbons (Fsp3) is 0.417. The largest absolute Gasteiger partial charge is 0.344 e. The molecule has 4 aromatic heterocycles. The molecule has 13 heteroatoms. The molecule has 8 rings (SSSR count). The first-order chi connectivity index (χ1) is 23.6. The molecule has 0 spiro atoms. The number of aromatic nitrogens is 5. The van der Waals surface area contributed by atoms with Gasteiger partial charge in [-0.25, -0.2) is 23.7 Å². The van der Waals surface area contributed by atoms with Gasteiger partial charge in [-0.1, -0.05) is 18.0 Å². The van der Waals surface area contributed by atoms with Gasteiger partial charge in [0.15, 0.2) is 5.82 Å². The lowest BCUT2D eigenvalue weighted by atomic mass is 10.0. The summed E-state index contributed by atoms with van der Waals surface area (Å²) in [5.74, 6) is -0.617. The molecule has 5 aromatic rings. The van der Waals surface area contributed by atoms with Crippen LogP contribution in [0.15, 0.2) is 42.5 Å². The molecule has 1 aromatic carbocycles. The molecule has 3 atom stereocenters. The summed E-state index contributed by atoms with van der Waals surface area (Å²) in [6.07, 6.45) is 3.87. The van der Waals surface area contributed by atoms with Gasteiger partial charge in [-0.05, 0) is 87.9 Å². The Balaban J connectivity index is 1.21. The summed E-state index contributed by atoms with van der Waals surface area (Å²) >= 11 is 6.20. The highest BCUT2D eigenvalue weighted by Crippen LogP contribution is 2.43. The maximum absolute atomic E-state index is 16.1. The zero-order valence-electron chi connectivity index (χ0n) is 27.1. The van der Waals surface area contributed by atoms with E-state index in [9.17, 15) is 14.0 Å². The summed E-state index contributed by atoms with van der Waals surface area (Å²) in [5.41, 5.74) is 10.3. The highest BCUT2D eigenvalue weighted by atomic mass is 35.5. The first kappa shape index (κ1) is 31.8. The van der Waals surface area contributed by atoms with Gasteiger partial charge in [-0.15, -0.1) is 0 Å².